The van der Waals surface area contributed by atoms with Crippen LogP contribution in [0.4, 0.5) is 0 Å². The van der Waals surface area contributed by atoms with Crippen molar-refractivity contribution in [1.82, 2.24) is 15.1 Å². The standard InChI is InChI=1S/C16H27N3/c1-2-17-14-8-7-13(11-14)12-15-9-10-19(18-15)16-5-3-4-6-16/h9-10,13-14,16-17H,2-8,11-12H2,1H3. The molecule has 1 aromatic rings. The Balaban J connectivity index is 1.53. The molecule has 106 valence electrons. The summed E-state index contributed by atoms with van der Waals surface area (Å²) in [5.74, 6) is 0.843. The highest BCUT2D eigenvalue weighted by Crippen LogP contribution is 2.30. The predicted octanol–water partition coefficient (Wildman–Crippen LogP) is 3.32. The normalized spacial score (nSPS) is 28.3. The molecule has 3 nitrogen and oxygen atoms in total. The van der Waals surface area contributed by atoms with Gasteiger partial charge in [0.2, 0.25) is 0 Å². The van der Waals surface area contributed by atoms with Crippen molar-refractivity contribution in [2.24, 2.45) is 5.92 Å². The highest BCUT2D eigenvalue weighted by atomic mass is 15.3. The Hall–Kier alpha value is -0.830. The second-order valence-corrected chi connectivity index (χ2v) is 6.36. The molecule has 2 atom stereocenters. The molecule has 0 saturated heterocycles. The molecule has 1 heterocycles. The van der Waals surface area contributed by atoms with Gasteiger partial charge in [0.05, 0.1) is 11.7 Å². The van der Waals surface area contributed by atoms with Gasteiger partial charge in [-0.1, -0.05) is 19.8 Å². The molecule has 2 aliphatic carbocycles. The molecule has 1 N–H and O–H groups in total. The summed E-state index contributed by atoms with van der Waals surface area (Å²) in [6.07, 6.45) is 12.9. The molecule has 2 unspecified atom stereocenters. The Morgan fingerprint density at radius 2 is 2.11 bits per heavy atom. The molecule has 19 heavy (non-hydrogen) atoms. The summed E-state index contributed by atoms with van der Waals surface area (Å²) in [7, 11) is 0. The Kier molecular flexibility index (Phi) is 4.21. The molecule has 0 radical (unpaired) electrons. The summed E-state index contributed by atoms with van der Waals surface area (Å²) in [5.41, 5.74) is 1.31. The summed E-state index contributed by atoms with van der Waals surface area (Å²) in [4.78, 5) is 0. The van der Waals surface area contributed by atoms with Gasteiger partial charge < -0.3 is 5.32 Å². The molecule has 0 amide bonds. The maximum Gasteiger partial charge on any atom is 0.0627 e. The van der Waals surface area contributed by atoms with Gasteiger partial charge in [-0.15, -0.1) is 0 Å². The van der Waals surface area contributed by atoms with Gasteiger partial charge in [-0.3, -0.25) is 4.68 Å². The van der Waals surface area contributed by atoms with Crippen molar-refractivity contribution in [1.29, 1.82) is 0 Å². The van der Waals surface area contributed by atoms with Crippen LogP contribution in [0.1, 0.15) is 63.6 Å². The summed E-state index contributed by atoms with van der Waals surface area (Å²) >= 11 is 0. The van der Waals surface area contributed by atoms with E-state index < -0.39 is 0 Å². The monoisotopic (exact) mass is 261 g/mol. The highest BCUT2D eigenvalue weighted by molar-refractivity contribution is 5.02. The third kappa shape index (κ3) is 3.19. The number of hydrogen-bond donors (Lipinski definition) is 1. The summed E-state index contributed by atoms with van der Waals surface area (Å²) in [5, 5.41) is 8.41. The van der Waals surface area contributed by atoms with Crippen LogP contribution in [0.15, 0.2) is 12.3 Å². The molecular weight excluding hydrogens is 234 g/mol. The van der Waals surface area contributed by atoms with E-state index in [4.69, 9.17) is 5.10 Å². The molecule has 0 aromatic carbocycles. The molecule has 2 aliphatic rings. The van der Waals surface area contributed by atoms with Gasteiger partial charge in [0.1, 0.15) is 0 Å². The van der Waals surface area contributed by atoms with Gasteiger partial charge in [0.15, 0.2) is 0 Å². The molecule has 0 bridgehead atoms. The minimum atomic E-state index is 0.687. The van der Waals surface area contributed by atoms with E-state index in [9.17, 15) is 0 Å². The lowest BCUT2D eigenvalue weighted by molar-refractivity contribution is 0.451. The van der Waals surface area contributed by atoms with E-state index in [0.717, 1.165) is 18.5 Å². The van der Waals surface area contributed by atoms with E-state index >= 15 is 0 Å². The predicted molar refractivity (Wildman–Crippen MR) is 78.2 cm³/mol. The smallest absolute Gasteiger partial charge is 0.0627 e. The zero-order valence-corrected chi connectivity index (χ0v) is 12.1. The van der Waals surface area contributed by atoms with Crippen molar-refractivity contribution < 1.29 is 0 Å². The van der Waals surface area contributed by atoms with Crippen molar-refractivity contribution in [3.05, 3.63) is 18.0 Å². The maximum absolute atomic E-state index is 4.82. The van der Waals surface area contributed by atoms with Gasteiger partial charge in [0.25, 0.3) is 0 Å². The maximum atomic E-state index is 4.82. The first-order chi connectivity index (χ1) is 9.35. The fraction of sp³-hybridized carbons (Fsp3) is 0.812. The van der Waals surface area contributed by atoms with Crippen LogP contribution in [0.2, 0.25) is 0 Å². The van der Waals surface area contributed by atoms with Crippen LogP contribution in [0.5, 0.6) is 0 Å². The third-order valence-electron chi connectivity index (χ3n) is 4.89. The largest absolute Gasteiger partial charge is 0.314 e. The summed E-state index contributed by atoms with van der Waals surface area (Å²) < 4.78 is 2.24. The van der Waals surface area contributed by atoms with Crippen LogP contribution >= 0.6 is 0 Å². The van der Waals surface area contributed by atoms with E-state index in [1.165, 1.54) is 57.1 Å². The fourth-order valence-electron chi connectivity index (χ4n) is 3.89. The number of aromatic nitrogens is 2. The Morgan fingerprint density at radius 1 is 1.26 bits per heavy atom. The molecule has 1 aromatic heterocycles. The minimum Gasteiger partial charge on any atom is -0.314 e. The van der Waals surface area contributed by atoms with E-state index in [1.54, 1.807) is 0 Å². The van der Waals surface area contributed by atoms with Crippen LogP contribution in [-0.4, -0.2) is 22.4 Å². The van der Waals surface area contributed by atoms with Crippen LogP contribution in [-0.2, 0) is 6.42 Å². The van der Waals surface area contributed by atoms with Gasteiger partial charge in [-0.25, -0.2) is 0 Å². The van der Waals surface area contributed by atoms with E-state index in [-0.39, 0.29) is 0 Å². The Morgan fingerprint density at radius 3 is 2.89 bits per heavy atom. The molecular formula is C16H27N3. The molecule has 3 rings (SSSR count). The lowest BCUT2D eigenvalue weighted by Crippen LogP contribution is -2.25. The lowest BCUT2D eigenvalue weighted by atomic mass is 10.0. The first-order valence-electron chi connectivity index (χ1n) is 8.12. The van der Waals surface area contributed by atoms with E-state index in [1.807, 2.05) is 0 Å². The number of rotatable bonds is 5. The lowest BCUT2D eigenvalue weighted by Gasteiger charge is -2.11. The molecule has 0 aliphatic heterocycles. The zero-order valence-electron chi connectivity index (χ0n) is 12.1. The highest BCUT2D eigenvalue weighted by Gasteiger charge is 2.25. The van der Waals surface area contributed by atoms with Crippen molar-refractivity contribution >= 4 is 0 Å². The first kappa shape index (κ1) is 13.2. The van der Waals surface area contributed by atoms with Gasteiger partial charge in [0, 0.05) is 12.2 Å². The topological polar surface area (TPSA) is 29.9 Å². The van der Waals surface area contributed by atoms with E-state index in [2.05, 4.69) is 29.2 Å². The zero-order chi connectivity index (χ0) is 13.1. The number of nitrogens with one attached hydrogen (secondary N) is 1. The van der Waals surface area contributed by atoms with Gasteiger partial charge in [-0.2, -0.15) is 5.10 Å². The van der Waals surface area contributed by atoms with Crippen LogP contribution < -0.4 is 5.32 Å². The van der Waals surface area contributed by atoms with E-state index in [0.29, 0.717) is 6.04 Å². The summed E-state index contributed by atoms with van der Waals surface area (Å²) in [6.45, 7) is 3.31. The Bertz CT molecular complexity index is 392. The average molecular weight is 261 g/mol. The SMILES string of the molecule is CCNC1CCC(Cc2ccn(C3CCCC3)n2)C1. The van der Waals surface area contributed by atoms with Crippen molar-refractivity contribution in [2.75, 3.05) is 6.54 Å². The molecule has 0 spiro atoms. The van der Waals surface area contributed by atoms with Crippen LogP contribution in [0.25, 0.3) is 0 Å². The van der Waals surface area contributed by atoms with Gasteiger partial charge >= 0.3 is 0 Å². The molecule has 2 fully saturated rings. The van der Waals surface area contributed by atoms with Gasteiger partial charge in [-0.05, 0) is 57.1 Å². The fourth-order valence-corrected chi connectivity index (χ4v) is 3.89. The second-order valence-electron chi connectivity index (χ2n) is 6.36. The average Bonchev–Trinajstić information content (AvgIpc) is 3.10. The number of nitrogens with zero attached hydrogens (tertiary/aromatic N) is 2. The number of hydrogen-bond acceptors (Lipinski definition) is 2. The summed E-state index contributed by atoms with van der Waals surface area (Å²) in [6, 6.07) is 3.69. The molecule has 3 heteroatoms. The first-order valence-corrected chi connectivity index (χ1v) is 8.12. The van der Waals surface area contributed by atoms with Crippen molar-refractivity contribution in [3.8, 4) is 0 Å². The molecule has 2 saturated carbocycles. The third-order valence-corrected chi connectivity index (χ3v) is 4.89. The van der Waals surface area contributed by atoms with Crippen LogP contribution in [0, 0.1) is 5.92 Å². The Labute approximate surface area is 116 Å². The minimum absolute atomic E-state index is 0.687. The quantitative estimate of drug-likeness (QED) is 0.881. The van der Waals surface area contributed by atoms with Crippen molar-refractivity contribution in [3.63, 3.8) is 0 Å². The van der Waals surface area contributed by atoms with Crippen molar-refractivity contribution in [2.45, 2.75) is 70.4 Å². The second kappa shape index (κ2) is 6.08. The van der Waals surface area contributed by atoms with Crippen LogP contribution in [0.3, 0.4) is 0 Å².